The molecule has 0 aliphatic heterocycles. The highest BCUT2D eigenvalue weighted by Gasteiger charge is 2.11. The highest BCUT2D eigenvalue weighted by atomic mass is 32.2. The molecule has 0 aliphatic rings. The summed E-state index contributed by atoms with van der Waals surface area (Å²) in [5.41, 5.74) is 7.32. The largest absolute Gasteiger partial charge is 0.457 e. The van der Waals surface area contributed by atoms with Gasteiger partial charge in [0.1, 0.15) is 16.5 Å². The van der Waals surface area contributed by atoms with Gasteiger partial charge in [-0.1, -0.05) is 29.9 Å². The second-order valence-corrected chi connectivity index (χ2v) is 7.17. The fraction of sp³-hybridized carbons (Fsp3) is 0.133. The zero-order chi connectivity index (χ0) is 15.6. The van der Waals surface area contributed by atoms with Crippen molar-refractivity contribution >= 4 is 27.0 Å². The van der Waals surface area contributed by atoms with E-state index in [1.54, 1.807) is 18.2 Å². The second kappa shape index (κ2) is 5.83. The van der Waals surface area contributed by atoms with E-state index < -0.39 is 9.84 Å². The number of thiocarbonyl (C=S) groups is 1. The SMILES string of the molecule is Cc1ccc(Oc2cccc(S(C)(=O)=O)c2)c(C(N)=S)c1. The smallest absolute Gasteiger partial charge is 0.175 e. The van der Waals surface area contributed by atoms with E-state index in [-0.39, 0.29) is 9.88 Å². The summed E-state index contributed by atoms with van der Waals surface area (Å²) in [6, 6.07) is 11.8. The number of benzene rings is 2. The van der Waals surface area contributed by atoms with Gasteiger partial charge in [-0.2, -0.15) is 0 Å². The molecule has 0 saturated heterocycles. The van der Waals surface area contributed by atoms with Gasteiger partial charge in [0, 0.05) is 6.26 Å². The van der Waals surface area contributed by atoms with E-state index >= 15 is 0 Å². The molecule has 0 fully saturated rings. The van der Waals surface area contributed by atoms with E-state index in [4.69, 9.17) is 22.7 Å². The maximum atomic E-state index is 11.6. The van der Waals surface area contributed by atoms with Crippen LogP contribution < -0.4 is 10.5 Å². The summed E-state index contributed by atoms with van der Waals surface area (Å²) in [6.07, 6.45) is 1.15. The van der Waals surface area contributed by atoms with Gasteiger partial charge in [-0.05, 0) is 37.3 Å². The third-order valence-electron chi connectivity index (χ3n) is 2.86. The van der Waals surface area contributed by atoms with E-state index in [0.29, 0.717) is 17.1 Å². The van der Waals surface area contributed by atoms with Crippen LogP contribution in [0.1, 0.15) is 11.1 Å². The molecule has 0 heterocycles. The molecule has 110 valence electrons. The van der Waals surface area contributed by atoms with Crippen LogP contribution in [0.3, 0.4) is 0 Å². The fourth-order valence-electron chi connectivity index (χ4n) is 1.82. The summed E-state index contributed by atoms with van der Waals surface area (Å²) in [7, 11) is -3.28. The molecule has 0 atom stereocenters. The van der Waals surface area contributed by atoms with Crippen molar-refractivity contribution in [3.63, 3.8) is 0 Å². The number of rotatable bonds is 4. The minimum Gasteiger partial charge on any atom is -0.457 e. The van der Waals surface area contributed by atoms with Crippen LogP contribution in [0.2, 0.25) is 0 Å². The minimum absolute atomic E-state index is 0.198. The Morgan fingerprint density at radius 3 is 2.52 bits per heavy atom. The van der Waals surface area contributed by atoms with Crippen LogP contribution in [0.4, 0.5) is 0 Å². The molecule has 4 nitrogen and oxygen atoms in total. The Kier molecular flexibility index (Phi) is 4.29. The van der Waals surface area contributed by atoms with Crippen molar-refractivity contribution in [1.82, 2.24) is 0 Å². The molecule has 0 aliphatic carbocycles. The minimum atomic E-state index is -3.28. The van der Waals surface area contributed by atoms with Crippen molar-refractivity contribution < 1.29 is 13.2 Å². The fourth-order valence-corrected chi connectivity index (χ4v) is 2.64. The first-order valence-corrected chi connectivity index (χ1v) is 8.46. The number of hydrogen-bond acceptors (Lipinski definition) is 4. The van der Waals surface area contributed by atoms with Crippen LogP contribution in [0.15, 0.2) is 47.4 Å². The Morgan fingerprint density at radius 2 is 1.90 bits per heavy atom. The quantitative estimate of drug-likeness (QED) is 0.877. The Labute approximate surface area is 129 Å². The van der Waals surface area contributed by atoms with Crippen LogP contribution in [0, 0.1) is 6.92 Å². The molecule has 2 aromatic rings. The van der Waals surface area contributed by atoms with Gasteiger partial charge in [0.05, 0.1) is 10.5 Å². The van der Waals surface area contributed by atoms with Gasteiger partial charge in [-0.15, -0.1) is 0 Å². The normalized spacial score (nSPS) is 11.1. The van der Waals surface area contributed by atoms with E-state index in [2.05, 4.69) is 0 Å². The van der Waals surface area contributed by atoms with Gasteiger partial charge in [-0.25, -0.2) is 8.42 Å². The monoisotopic (exact) mass is 321 g/mol. The van der Waals surface area contributed by atoms with Gasteiger partial charge < -0.3 is 10.5 Å². The van der Waals surface area contributed by atoms with Crippen molar-refractivity contribution in [2.75, 3.05) is 6.26 Å². The number of aryl methyl sites for hydroxylation is 1. The first-order valence-electron chi connectivity index (χ1n) is 6.16. The molecule has 2 aromatic carbocycles. The first kappa shape index (κ1) is 15.5. The lowest BCUT2D eigenvalue weighted by atomic mass is 10.1. The molecule has 6 heteroatoms. The third kappa shape index (κ3) is 3.80. The number of ether oxygens (including phenoxy) is 1. The van der Waals surface area contributed by atoms with E-state index in [9.17, 15) is 8.42 Å². The molecule has 0 saturated carbocycles. The van der Waals surface area contributed by atoms with Gasteiger partial charge in [0.15, 0.2) is 9.84 Å². The molecule has 0 unspecified atom stereocenters. The molecule has 2 rings (SSSR count). The molecule has 2 N–H and O–H groups in total. The third-order valence-corrected chi connectivity index (χ3v) is 4.19. The van der Waals surface area contributed by atoms with Gasteiger partial charge >= 0.3 is 0 Å². The van der Waals surface area contributed by atoms with Crippen LogP contribution in [-0.2, 0) is 9.84 Å². The summed E-state index contributed by atoms with van der Waals surface area (Å²) < 4.78 is 28.9. The highest BCUT2D eigenvalue weighted by molar-refractivity contribution is 7.90. The highest BCUT2D eigenvalue weighted by Crippen LogP contribution is 2.27. The second-order valence-electron chi connectivity index (χ2n) is 4.71. The molecule has 0 radical (unpaired) electrons. The summed E-state index contributed by atoms with van der Waals surface area (Å²) in [4.78, 5) is 0.428. The topological polar surface area (TPSA) is 69.4 Å². The maximum Gasteiger partial charge on any atom is 0.175 e. The number of sulfone groups is 1. The predicted molar refractivity (Wildman–Crippen MR) is 86.7 cm³/mol. The van der Waals surface area contributed by atoms with E-state index in [0.717, 1.165) is 11.8 Å². The molecule has 0 bridgehead atoms. The van der Waals surface area contributed by atoms with E-state index in [1.165, 1.54) is 12.1 Å². The lowest BCUT2D eigenvalue weighted by Crippen LogP contribution is -2.11. The van der Waals surface area contributed by atoms with Crippen molar-refractivity contribution in [3.05, 3.63) is 53.6 Å². The molecule has 0 amide bonds. The zero-order valence-corrected chi connectivity index (χ0v) is 13.3. The molecule has 21 heavy (non-hydrogen) atoms. The van der Waals surface area contributed by atoms with Gasteiger partial charge in [0.2, 0.25) is 0 Å². The van der Waals surface area contributed by atoms with Crippen molar-refractivity contribution in [2.24, 2.45) is 5.73 Å². The molecule has 0 aromatic heterocycles. The molecular weight excluding hydrogens is 306 g/mol. The zero-order valence-electron chi connectivity index (χ0n) is 11.7. The Hall–Kier alpha value is -1.92. The maximum absolute atomic E-state index is 11.6. The summed E-state index contributed by atoms with van der Waals surface area (Å²) in [5, 5.41) is 0. The number of nitrogens with two attached hydrogens (primary N) is 1. The lowest BCUT2D eigenvalue weighted by Gasteiger charge is -2.11. The lowest BCUT2D eigenvalue weighted by molar-refractivity contribution is 0.479. The van der Waals surface area contributed by atoms with Gasteiger partial charge in [0.25, 0.3) is 0 Å². The van der Waals surface area contributed by atoms with Crippen molar-refractivity contribution in [3.8, 4) is 11.5 Å². The average Bonchev–Trinajstić information content (AvgIpc) is 2.40. The Morgan fingerprint density at radius 1 is 1.19 bits per heavy atom. The summed E-state index contributed by atoms with van der Waals surface area (Å²) >= 11 is 5.01. The van der Waals surface area contributed by atoms with Crippen molar-refractivity contribution in [1.29, 1.82) is 0 Å². The van der Waals surface area contributed by atoms with Crippen LogP contribution >= 0.6 is 12.2 Å². The van der Waals surface area contributed by atoms with Crippen LogP contribution in [0.5, 0.6) is 11.5 Å². The predicted octanol–water partition coefficient (Wildman–Crippen LogP) is 2.83. The standard InChI is InChI=1S/C15H15NO3S2/c1-10-6-7-14(13(8-10)15(16)20)19-11-4-3-5-12(9-11)21(2,17)18/h3-9H,1-2H3,(H2,16,20). The molecule has 0 spiro atoms. The van der Waals surface area contributed by atoms with E-state index in [1.807, 2.05) is 19.1 Å². The Bertz CT molecular complexity index is 798. The first-order chi connectivity index (χ1) is 9.77. The van der Waals surface area contributed by atoms with Crippen LogP contribution in [-0.4, -0.2) is 19.7 Å². The molecular formula is C15H15NO3S2. The van der Waals surface area contributed by atoms with Crippen LogP contribution in [0.25, 0.3) is 0 Å². The average molecular weight is 321 g/mol. The van der Waals surface area contributed by atoms with Crippen molar-refractivity contribution in [2.45, 2.75) is 11.8 Å². The summed E-state index contributed by atoms with van der Waals surface area (Å²) in [6.45, 7) is 1.93. The summed E-state index contributed by atoms with van der Waals surface area (Å²) in [5.74, 6) is 0.915. The van der Waals surface area contributed by atoms with Gasteiger partial charge in [-0.3, -0.25) is 0 Å². The number of hydrogen-bond donors (Lipinski definition) is 1. The Balaban J connectivity index is 2.41.